The average Bonchev–Trinajstić information content (AvgIpc) is 2.72. The molecule has 3 unspecified atom stereocenters. The molecule has 2 fully saturated rings. The Kier molecular flexibility index (Phi) is 8.50. The number of benzene rings is 1. The molecule has 31 heavy (non-hydrogen) atoms. The van der Waals surface area contributed by atoms with E-state index in [0.29, 0.717) is 55.9 Å². The molecular weight excluding hydrogens is 414 g/mol. The van der Waals surface area contributed by atoms with Gasteiger partial charge in [0.2, 0.25) is 15.9 Å². The van der Waals surface area contributed by atoms with E-state index in [0.717, 1.165) is 25.2 Å². The van der Waals surface area contributed by atoms with Gasteiger partial charge >= 0.3 is 0 Å². The number of morpholine rings is 1. The van der Waals surface area contributed by atoms with Gasteiger partial charge in [0.05, 0.1) is 18.1 Å². The Hall–Kier alpha value is -1.48. The molecule has 0 bridgehead atoms. The van der Waals surface area contributed by atoms with Crippen LogP contribution >= 0.6 is 0 Å². The summed E-state index contributed by atoms with van der Waals surface area (Å²) in [7, 11) is -3.48. The van der Waals surface area contributed by atoms with Gasteiger partial charge in [-0.25, -0.2) is 8.42 Å². The standard InChI is InChI=1S/C23H37N3O4S/c1-18-14-19(2)16-25(15-18)17-20(3)24-23(27)9-6-21-4-7-22(8-5-21)31(28,29)26-10-12-30-13-11-26/h4-5,7-8,18-20H,6,9-17H2,1-3H3,(H,24,27). The van der Waals surface area contributed by atoms with Crippen molar-refractivity contribution in [2.45, 2.75) is 51.0 Å². The summed E-state index contributed by atoms with van der Waals surface area (Å²) in [6.45, 7) is 11.4. The van der Waals surface area contributed by atoms with Crippen LogP contribution in [0.5, 0.6) is 0 Å². The first-order chi connectivity index (χ1) is 14.7. The van der Waals surface area contributed by atoms with E-state index in [4.69, 9.17) is 4.74 Å². The first-order valence-corrected chi connectivity index (χ1v) is 12.9. The first-order valence-electron chi connectivity index (χ1n) is 11.4. The van der Waals surface area contributed by atoms with Gasteiger partial charge in [-0.1, -0.05) is 26.0 Å². The zero-order valence-electron chi connectivity index (χ0n) is 19.0. The molecular formula is C23H37N3O4S. The Balaban J connectivity index is 1.44. The summed E-state index contributed by atoms with van der Waals surface area (Å²) in [5.41, 5.74) is 0.961. The van der Waals surface area contributed by atoms with Crippen LogP contribution < -0.4 is 5.32 Å². The molecule has 0 radical (unpaired) electrons. The molecule has 2 saturated heterocycles. The molecule has 0 aliphatic carbocycles. The van der Waals surface area contributed by atoms with Gasteiger partial charge in [-0.2, -0.15) is 4.31 Å². The van der Waals surface area contributed by atoms with Gasteiger partial charge in [-0.3, -0.25) is 4.79 Å². The molecule has 0 aromatic heterocycles. The van der Waals surface area contributed by atoms with Crippen molar-refractivity contribution in [3.8, 4) is 0 Å². The second-order valence-electron chi connectivity index (χ2n) is 9.29. The largest absolute Gasteiger partial charge is 0.379 e. The maximum absolute atomic E-state index is 12.7. The zero-order chi connectivity index (χ0) is 22.4. The summed E-state index contributed by atoms with van der Waals surface area (Å²) in [6, 6.07) is 7.01. The quantitative estimate of drug-likeness (QED) is 0.655. The van der Waals surface area contributed by atoms with Crippen molar-refractivity contribution in [1.29, 1.82) is 0 Å². The molecule has 2 aliphatic heterocycles. The fraction of sp³-hybridized carbons (Fsp3) is 0.696. The SMILES string of the molecule is CC1CC(C)CN(CC(C)NC(=O)CCc2ccc(S(=O)(=O)N3CCOCC3)cc2)C1. The number of rotatable bonds is 8. The van der Waals surface area contributed by atoms with Crippen LogP contribution in [0.4, 0.5) is 0 Å². The summed E-state index contributed by atoms with van der Waals surface area (Å²) in [4.78, 5) is 15.1. The van der Waals surface area contributed by atoms with E-state index in [2.05, 4.69) is 31.0 Å². The van der Waals surface area contributed by atoms with Crippen molar-refractivity contribution in [3.05, 3.63) is 29.8 Å². The summed E-state index contributed by atoms with van der Waals surface area (Å²) in [5, 5.41) is 3.11. The smallest absolute Gasteiger partial charge is 0.243 e. The van der Waals surface area contributed by atoms with Crippen molar-refractivity contribution in [2.75, 3.05) is 45.9 Å². The number of hydrogen-bond acceptors (Lipinski definition) is 5. The van der Waals surface area contributed by atoms with Crippen LogP contribution in [-0.4, -0.2) is 75.5 Å². The highest BCUT2D eigenvalue weighted by Crippen LogP contribution is 2.21. The van der Waals surface area contributed by atoms with Gasteiger partial charge in [0.1, 0.15) is 0 Å². The number of piperidine rings is 1. The number of sulfonamides is 1. The predicted octanol–water partition coefficient (Wildman–Crippen LogP) is 2.12. The molecule has 1 amide bonds. The molecule has 174 valence electrons. The summed E-state index contributed by atoms with van der Waals surface area (Å²) in [6.07, 6.45) is 2.27. The normalized spacial score (nSPS) is 24.6. The minimum Gasteiger partial charge on any atom is -0.379 e. The van der Waals surface area contributed by atoms with Gasteiger partial charge in [0.15, 0.2) is 0 Å². The zero-order valence-corrected chi connectivity index (χ0v) is 19.9. The number of aryl methyl sites for hydroxylation is 1. The second kappa shape index (κ2) is 10.9. The van der Waals surface area contributed by atoms with E-state index in [1.54, 1.807) is 24.3 Å². The number of nitrogens with one attached hydrogen (secondary N) is 1. The maximum atomic E-state index is 12.7. The minimum atomic E-state index is -3.48. The van der Waals surface area contributed by atoms with Crippen molar-refractivity contribution >= 4 is 15.9 Å². The third-order valence-corrected chi connectivity index (χ3v) is 7.97. The molecule has 1 N–H and O–H groups in total. The van der Waals surface area contributed by atoms with Crippen molar-refractivity contribution in [2.24, 2.45) is 11.8 Å². The Morgan fingerprint density at radius 2 is 1.74 bits per heavy atom. The lowest BCUT2D eigenvalue weighted by Crippen LogP contribution is -2.47. The third kappa shape index (κ3) is 7.00. The van der Waals surface area contributed by atoms with Crippen LogP contribution in [-0.2, 0) is 26.0 Å². The second-order valence-corrected chi connectivity index (χ2v) is 11.2. The topological polar surface area (TPSA) is 79.0 Å². The molecule has 3 atom stereocenters. The maximum Gasteiger partial charge on any atom is 0.243 e. The van der Waals surface area contributed by atoms with Crippen LogP contribution in [0.1, 0.15) is 39.2 Å². The third-order valence-electron chi connectivity index (χ3n) is 6.06. The monoisotopic (exact) mass is 451 g/mol. The van der Waals surface area contributed by atoms with Crippen molar-refractivity contribution in [3.63, 3.8) is 0 Å². The van der Waals surface area contributed by atoms with Gasteiger partial charge in [-0.15, -0.1) is 0 Å². The first kappa shape index (κ1) is 24.2. The summed E-state index contributed by atoms with van der Waals surface area (Å²) >= 11 is 0. The molecule has 0 saturated carbocycles. The molecule has 0 spiro atoms. The lowest BCUT2D eigenvalue weighted by molar-refractivity contribution is -0.121. The lowest BCUT2D eigenvalue weighted by atomic mass is 9.92. The number of likely N-dealkylation sites (tertiary alicyclic amines) is 1. The Morgan fingerprint density at radius 3 is 2.35 bits per heavy atom. The predicted molar refractivity (Wildman–Crippen MR) is 121 cm³/mol. The molecule has 7 nitrogen and oxygen atoms in total. The molecule has 8 heteroatoms. The molecule has 1 aromatic rings. The van der Waals surface area contributed by atoms with Crippen LogP contribution in [0.25, 0.3) is 0 Å². The number of carbonyl (C=O) groups excluding carboxylic acids is 1. The minimum absolute atomic E-state index is 0.0376. The van der Waals surface area contributed by atoms with Crippen LogP contribution in [0.3, 0.4) is 0 Å². The van der Waals surface area contributed by atoms with Gasteiger partial charge < -0.3 is 15.0 Å². The van der Waals surface area contributed by atoms with Crippen LogP contribution in [0.2, 0.25) is 0 Å². The number of ether oxygens (including phenoxy) is 1. The average molecular weight is 452 g/mol. The van der Waals surface area contributed by atoms with Gasteiger partial charge in [0, 0.05) is 45.2 Å². The Bertz CT molecular complexity index is 812. The van der Waals surface area contributed by atoms with E-state index in [1.807, 2.05) is 0 Å². The van der Waals surface area contributed by atoms with E-state index in [1.165, 1.54) is 10.7 Å². The van der Waals surface area contributed by atoms with Crippen molar-refractivity contribution in [1.82, 2.24) is 14.5 Å². The highest BCUT2D eigenvalue weighted by Gasteiger charge is 2.26. The highest BCUT2D eigenvalue weighted by molar-refractivity contribution is 7.89. The Morgan fingerprint density at radius 1 is 1.13 bits per heavy atom. The van der Waals surface area contributed by atoms with E-state index in [9.17, 15) is 13.2 Å². The number of hydrogen-bond donors (Lipinski definition) is 1. The van der Waals surface area contributed by atoms with E-state index >= 15 is 0 Å². The van der Waals surface area contributed by atoms with Gasteiger partial charge in [0.25, 0.3) is 0 Å². The lowest BCUT2D eigenvalue weighted by Gasteiger charge is -2.36. The number of nitrogens with zero attached hydrogens (tertiary/aromatic N) is 2. The van der Waals surface area contributed by atoms with E-state index < -0.39 is 10.0 Å². The van der Waals surface area contributed by atoms with Crippen LogP contribution in [0, 0.1) is 11.8 Å². The fourth-order valence-corrected chi connectivity index (χ4v) is 6.15. The van der Waals surface area contributed by atoms with Crippen LogP contribution in [0.15, 0.2) is 29.2 Å². The molecule has 2 aliphatic rings. The summed E-state index contributed by atoms with van der Waals surface area (Å²) in [5.74, 6) is 1.46. The fourth-order valence-electron chi connectivity index (χ4n) is 4.74. The molecule has 3 rings (SSSR count). The number of carbonyl (C=O) groups is 1. The number of amides is 1. The van der Waals surface area contributed by atoms with Crippen molar-refractivity contribution < 1.29 is 17.9 Å². The Labute approximate surface area is 187 Å². The highest BCUT2D eigenvalue weighted by atomic mass is 32.2. The summed E-state index contributed by atoms with van der Waals surface area (Å²) < 4.78 is 32.1. The molecule has 2 heterocycles. The van der Waals surface area contributed by atoms with E-state index in [-0.39, 0.29) is 11.9 Å². The molecule has 1 aromatic carbocycles. The van der Waals surface area contributed by atoms with Gasteiger partial charge in [-0.05, 0) is 49.3 Å².